The van der Waals surface area contributed by atoms with Crippen LogP contribution in [-0.4, -0.2) is 45.9 Å². The van der Waals surface area contributed by atoms with Gasteiger partial charge in [0.1, 0.15) is 5.82 Å². The fourth-order valence-electron chi connectivity index (χ4n) is 5.42. The zero-order valence-corrected chi connectivity index (χ0v) is 16.3. The van der Waals surface area contributed by atoms with Crippen LogP contribution in [0.5, 0.6) is 0 Å². The lowest BCUT2D eigenvalue weighted by Crippen LogP contribution is -2.41. The first-order valence-electron chi connectivity index (χ1n) is 10.2. The lowest BCUT2D eigenvalue weighted by atomic mass is 9.70. The van der Waals surface area contributed by atoms with E-state index in [4.69, 9.17) is 4.98 Å². The Labute approximate surface area is 160 Å². The summed E-state index contributed by atoms with van der Waals surface area (Å²) in [6, 6.07) is 4.71. The highest BCUT2D eigenvalue weighted by atomic mass is 15.3. The molecule has 4 fully saturated rings. The molecule has 0 unspecified atom stereocenters. The standard InChI is InChI=1S/C20H29N7/c1-21-12-20-10-15(11-20)27(13-20)19-22-8-7-17(24-19)23-18-9-16(26(2)25-18)14-5-3-4-6-14/h7-9,14-15,21H,3-6,10-13H2,1-2H3,(H,22,23,24,25). The van der Waals surface area contributed by atoms with E-state index in [0.29, 0.717) is 17.4 Å². The number of rotatable bonds is 6. The highest BCUT2D eigenvalue weighted by molar-refractivity contribution is 5.54. The lowest BCUT2D eigenvalue weighted by molar-refractivity contribution is 0.196. The van der Waals surface area contributed by atoms with Gasteiger partial charge in [-0.25, -0.2) is 4.98 Å². The largest absolute Gasteiger partial charge is 0.337 e. The van der Waals surface area contributed by atoms with E-state index in [-0.39, 0.29) is 0 Å². The third-order valence-electron chi connectivity index (χ3n) is 6.68. The number of hydrogen-bond acceptors (Lipinski definition) is 6. The molecule has 2 aliphatic carbocycles. The fourth-order valence-corrected chi connectivity index (χ4v) is 5.42. The molecule has 4 heterocycles. The monoisotopic (exact) mass is 367 g/mol. The number of fused-ring (bicyclic) bond motifs is 1. The van der Waals surface area contributed by atoms with Crippen LogP contribution in [0.4, 0.5) is 17.6 Å². The van der Waals surface area contributed by atoms with Gasteiger partial charge >= 0.3 is 0 Å². The third kappa shape index (κ3) is 2.98. The molecule has 2 aromatic heterocycles. The van der Waals surface area contributed by atoms with Gasteiger partial charge in [-0.05, 0) is 38.8 Å². The van der Waals surface area contributed by atoms with Gasteiger partial charge in [0.25, 0.3) is 0 Å². The second-order valence-electron chi connectivity index (χ2n) is 8.65. The molecule has 2 N–H and O–H groups in total. The SMILES string of the molecule is CNCC12CC(C1)N(c1nccc(Nc3cc(C4CCCC4)n(C)n3)n1)C2. The molecule has 4 aliphatic rings. The molecule has 0 radical (unpaired) electrons. The van der Waals surface area contributed by atoms with Crippen LogP contribution in [0, 0.1) is 5.41 Å². The van der Waals surface area contributed by atoms with Crippen LogP contribution < -0.4 is 15.5 Å². The number of aryl methyl sites for hydroxylation is 1. The van der Waals surface area contributed by atoms with Gasteiger partial charge in [0.2, 0.25) is 5.95 Å². The van der Waals surface area contributed by atoms with E-state index in [1.54, 1.807) is 0 Å². The minimum atomic E-state index is 0.420. The van der Waals surface area contributed by atoms with Crippen molar-refractivity contribution in [3.05, 3.63) is 24.0 Å². The van der Waals surface area contributed by atoms with Crippen LogP contribution in [0.25, 0.3) is 0 Å². The topological polar surface area (TPSA) is 70.9 Å². The quantitative estimate of drug-likeness (QED) is 0.818. The van der Waals surface area contributed by atoms with Crippen LogP contribution in [0.1, 0.15) is 50.1 Å². The van der Waals surface area contributed by atoms with Crippen molar-refractivity contribution in [3.8, 4) is 0 Å². The Bertz CT molecular complexity index is 817. The number of anilines is 3. The Balaban J connectivity index is 1.31. The smallest absolute Gasteiger partial charge is 0.227 e. The van der Waals surface area contributed by atoms with Gasteiger partial charge in [-0.1, -0.05) is 12.8 Å². The summed E-state index contributed by atoms with van der Waals surface area (Å²) in [4.78, 5) is 11.7. The Kier molecular flexibility index (Phi) is 4.07. The molecule has 7 heteroatoms. The maximum absolute atomic E-state index is 4.79. The van der Waals surface area contributed by atoms with E-state index in [1.165, 1.54) is 44.2 Å². The van der Waals surface area contributed by atoms with Crippen molar-refractivity contribution in [1.29, 1.82) is 0 Å². The predicted octanol–water partition coefficient (Wildman–Crippen LogP) is 2.80. The fraction of sp³-hybridized carbons (Fsp3) is 0.650. The Morgan fingerprint density at radius 1 is 1.22 bits per heavy atom. The highest BCUT2D eigenvalue weighted by Gasteiger charge is 2.55. The average molecular weight is 368 g/mol. The molecule has 2 saturated carbocycles. The summed E-state index contributed by atoms with van der Waals surface area (Å²) in [5.41, 5.74) is 1.75. The minimum absolute atomic E-state index is 0.420. The number of nitrogens with one attached hydrogen (secondary N) is 2. The van der Waals surface area contributed by atoms with Crippen molar-refractivity contribution in [2.75, 3.05) is 30.4 Å². The first-order chi connectivity index (χ1) is 13.2. The molecule has 27 heavy (non-hydrogen) atoms. The first-order valence-corrected chi connectivity index (χ1v) is 10.2. The molecule has 0 atom stereocenters. The summed E-state index contributed by atoms with van der Waals surface area (Å²) >= 11 is 0. The van der Waals surface area contributed by atoms with Gasteiger partial charge in [0, 0.05) is 55.5 Å². The van der Waals surface area contributed by atoms with Crippen LogP contribution >= 0.6 is 0 Å². The maximum Gasteiger partial charge on any atom is 0.227 e. The summed E-state index contributed by atoms with van der Waals surface area (Å²) in [7, 11) is 4.08. The molecule has 7 nitrogen and oxygen atoms in total. The molecule has 0 amide bonds. The average Bonchev–Trinajstić information content (AvgIpc) is 3.38. The van der Waals surface area contributed by atoms with E-state index >= 15 is 0 Å². The van der Waals surface area contributed by atoms with Gasteiger partial charge in [0.05, 0.1) is 0 Å². The van der Waals surface area contributed by atoms with Crippen LogP contribution in [-0.2, 0) is 7.05 Å². The number of nitrogens with zero attached hydrogens (tertiary/aromatic N) is 5. The van der Waals surface area contributed by atoms with E-state index in [9.17, 15) is 0 Å². The lowest BCUT2D eigenvalue weighted by Gasteiger charge is -2.36. The van der Waals surface area contributed by atoms with E-state index < -0.39 is 0 Å². The van der Waals surface area contributed by atoms with Crippen molar-refractivity contribution < 1.29 is 0 Å². The summed E-state index contributed by atoms with van der Waals surface area (Å²) < 4.78 is 2.02. The van der Waals surface area contributed by atoms with Gasteiger partial charge < -0.3 is 15.5 Å². The third-order valence-corrected chi connectivity index (χ3v) is 6.68. The molecule has 0 aromatic carbocycles. The second-order valence-corrected chi connectivity index (χ2v) is 8.65. The normalized spacial score (nSPS) is 27.2. The molecule has 2 aromatic rings. The molecule has 2 aliphatic heterocycles. The molecule has 2 bridgehead atoms. The van der Waals surface area contributed by atoms with E-state index in [0.717, 1.165) is 30.7 Å². The van der Waals surface area contributed by atoms with Crippen molar-refractivity contribution in [2.45, 2.75) is 50.5 Å². The van der Waals surface area contributed by atoms with Gasteiger partial charge in [0.15, 0.2) is 5.82 Å². The Morgan fingerprint density at radius 3 is 2.81 bits per heavy atom. The van der Waals surface area contributed by atoms with Crippen molar-refractivity contribution >= 4 is 17.6 Å². The highest BCUT2D eigenvalue weighted by Crippen LogP contribution is 2.52. The van der Waals surface area contributed by atoms with E-state index in [1.807, 2.05) is 31.0 Å². The van der Waals surface area contributed by atoms with Crippen molar-refractivity contribution in [1.82, 2.24) is 25.1 Å². The second kappa shape index (κ2) is 6.48. The number of aromatic nitrogens is 4. The predicted molar refractivity (Wildman–Crippen MR) is 106 cm³/mol. The summed E-state index contributed by atoms with van der Waals surface area (Å²) in [6.45, 7) is 2.13. The van der Waals surface area contributed by atoms with Crippen LogP contribution in [0.2, 0.25) is 0 Å². The summed E-state index contributed by atoms with van der Waals surface area (Å²) in [5.74, 6) is 3.19. The molecule has 6 rings (SSSR count). The molecular formula is C20H29N7. The maximum atomic E-state index is 4.79. The zero-order chi connectivity index (χ0) is 18.4. The van der Waals surface area contributed by atoms with Crippen molar-refractivity contribution in [3.63, 3.8) is 0 Å². The van der Waals surface area contributed by atoms with Gasteiger partial charge in [-0.2, -0.15) is 10.1 Å². The summed E-state index contributed by atoms with van der Waals surface area (Å²) in [5, 5.41) is 11.4. The van der Waals surface area contributed by atoms with Crippen molar-refractivity contribution in [2.24, 2.45) is 12.5 Å². The van der Waals surface area contributed by atoms with Gasteiger partial charge in [-0.15, -0.1) is 0 Å². The molecule has 0 spiro atoms. The van der Waals surface area contributed by atoms with E-state index in [2.05, 4.69) is 31.7 Å². The minimum Gasteiger partial charge on any atom is -0.337 e. The first kappa shape index (κ1) is 17.0. The van der Waals surface area contributed by atoms with Gasteiger partial charge in [-0.3, -0.25) is 4.68 Å². The van der Waals surface area contributed by atoms with Crippen LogP contribution in [0.3, 0.4) is 0 Å². The molecule has 2 saturated heterocycles. The number of hydrogen-bond donors (Lipinski definition) is 2. The Hall–Kier alpha value is -2.15. The molecular weight excluding hydrogens is 338 g/mol. The summed E-state index contributed by atoms with van der Waals surface area (Å²) in [6.07, 6.45) is 9.58. The molecule has 144 valence electrons. The zero-order valence-electron chi connectivity index (χ0n) is 16.3. The Morgan fingerprint density at radius 2 is 2.04 bits per heavy atom. The van der Waals surface area contributed by atoms with Crippen LogP contribution in [0.15, 0.2) is 18.3 Å².